The summed E-state index contributed by atoms with van der Waals surface area (Å²) in [7, 11) is 0. The number of carbonyl (C=O) groups excluding carboxylic acids is 1. The molecule has 0 spiro atoms. The molecule has 0 unspecified atom stereocenters. The molecule has 5 N–H and O–H groups in total. The molecule has 0 saturated carbocycles. The Kier molecular flexibility index (Phi) is 6.04. The highest BCUT2D eigenvalue weighted by molar-refractivity contribution is 5.77. The van der Waals surface area contributed by atoms with E-state index >= 15 is 0 Å². The number of aliphatic hydroxyl groups is 4. The maximum Gasteiger partial charge on any atom is 0.222 e. The lowest BCUT2D eigenvalue weighted by Crippen LogP contribution is -2.61. The Morgan fingerprint density at radius 2 is 1.65 bits per heavy atom. The van der Waals surface area contributed by atoms with E-state index in [9.17, 15) is 25.2 Å². The summed E-state index contributed by atoms with van der Waals surface area (Å²) in [5.74, 6) is -0.571. The average molecular weight is 249 g/mol. The van der Waals surface area contributed by atoms with E-state index < -0.39 is 23.9 Å². The van der Waals surface area contributed by atoms with E-state index in [0.717, 1.165) is 0 Å². The Morgan fingerprint density at radius 1 is 1.18 bits per heavy atom. The standard InChI is InChI=1S/C11H23NO5/c1-6(2)10(16)12-5-11(17,8(4)14)9(15)7(3)13/h6-9,13-15,17H,5H2,1-4H3,(H,12,16)/t7-,8+,9+,11-/m0/s1. The number of aliphatic hydroxyl groups excluding tert-OH is 3. The first-order valence-corrected chi connectivity index (χ1v) is 5.67. The number of rotatable bonds is 6. The molecule has 6 nitrogen and oxygen atoms in total. The second kappa shape index (κ2) is 6.30. The molecule has 0 heterocycles. The van der Waals surface area contributed by atoms with Crippen LogP contribution in [0, 0.1) is 5.92 Å². The van der Waals surface area contributed by atoms with Gasteiger partial charge in [0, 0.05) is 5.92 Å². The minimum absolute atomic E-state index is 0.267. The van der Waals surface area contributed by atoms with Crippen LogP contribution in [0.4, 0.5) is 0 Å². The van der Waals surface area contributed by atoms with Crippen molar-refractivity contribution in [1.82, 2.24) is 5.32 Å². The first-order chi connectivity index (χ1) is 7.62. The van der Waals surface area contributed by atoms with Gasteiger partial charge in [-0.3, -0.25) is 4.79 Å². The first kappa shape index (κ1) is 16.3. The molecule has 6 heteroatoms. The van der Waals surface area contributed by atoms with Gasteiger partial charge in [0.2, 0.25) is 5.91 Å². The predicted octanol–water partition coefficient (Wildman–Crippen LogP) is -1.39. The molecule has 17 heavy (non-hydrogen) atoms. The molecule has 102 valence electrons. The molecular weight excluding hydrogens is 226 g/mol. The monoisotopic (exact) mass is 249 g/mol. The summed E-state index contributed by atoms with van der Waals surface area (Å²) in [5, 5.41) is 40.9. The van der Waals surface area contributed by atoms with Gasteiger partial charge in [-0.1, -0.05) is 13.8 Å². The van der Waals surface area contributed by atoms with E-state index in [4.69, 9.17) is 0 Å². The Morgan fingerprint density at radius 3 is 1.94 bits per heavy atom. The minimum Gasteiger partial charge on any atom is -0.391 e. The van der Waals surface area contributed by atoms with Crippen LogP contribution in [0.15, 0.2) is 0 Å². The smallest absolute Gasteiger partial charge is 0.222 e. The van der Waals surface area contributed by atoms with Gasteiger partial charge in [-0.05, 0) is 13.8 Å². The van der Waals surface area contributed by atoms with E-state index in [1.54, 1.807) is 13.8 Å². The fourth-order valence-electron chi connectivity index (χ4n) is 1.35. The zero-order valence-electron chi connectivity index (χ0n) is 10.7. The Labute approximate surface area is 101 Å². The molecule has 0 bridgehead atoms. The molecule has 1 amide bonds. The normalized spacial score (nSPS) is 20.5. The largest absolute Gasteiger partial charge is 0.391 e. The van der Waals surface area contributed by atoms with Gasteiger partial charge in [0.25, 0.3) is 0 Å². The van der Waals surface area contributed by atoms with Gasteiger partial charge < -0.3 is 25.7 Å². The van der Waals surface area contributed by atoms with E-state index in [2.05, 4.69) is 5.32 Å². The summed E-state index contributed by atoms with van der Waals surface area (Å²) in [6.45, 7) is 5.62. The second-order valence-corrected chi connectivity index (χ2v) is 4.73. The Bertz CT molecular complexity index is 254. The number of nitrogens with one attached hydrogen (secondary N) is 1. The van der Waals surface area contributed by atoms with Crippen LogP contribution in [0.2, 0.25) is 0 Å². The molecule has 0 rings (SSSR count). The van der Waals surface area contributed by atoms with Crippen molar-refractivity contribution in [2.24, 2.45) is 5.92 Å². The Balaban J connectivity index is 4.69. The number of hydrogen-bond donors (Lipinski definition) is 5. The first-order valence-electron chi connectivity index (χ1n) is 5.67. The van der Waals surface area contributed by atoms with Crippen LogP contribution in [0.25, 0.3) is 0 Å². The van der Waals surface area contributed by atoms with Crippen molar-refractivity contribution in [3.63, 3.8) is 0 Å². The zero-order valence-corrected chi connectivity index (χ0v) is 10.7. The van der Waals surface area contributed by atoms with E-state index in [0.29, 0.717) is 0 Å². The van der Waals surface area contributed by atoms with Gasteiger partial charge in [-0.2, -0.15) is 0 Å². The summed E-state index contributed by atoms with van der Waals surface area (Å²) in [4.78, 5) is 11.4. The van der Waals surface area contributed by atoms with E-state index in [-0.39, 0.29) is 18.4 Å². The van der Waals surface area contributed by atoms with Gasteiger partial charge in [0.15, 0.2) is 0 Å². The van der Waals surface area contributed by atoms with Crippen LogP contribution in [-0.4, -0.2) is 56.8 Å². The van der Waals surface area contributed by atoms with Crippen LogP contribution in [0.5, 0.6) is 0 Å². The lowest BCUT2D eigenvalue weighted by atomic mass is 9.88. The predicted molar refractivity (Wildman–Crippen MR) is 62.2 cm³/mol. The third kappa shape index (κ3) is 4.23. The molecule has 0 radical (unpaired) electrons. The molecule has 0 aliphatic heterocycles. The van der Waals surface area contributed by atoms with Gasteiger partial charge in [-0.15, -0.1) is 0 Å². The molecule has 4 atom stereocenters. The van der Waals surface area contributed by atoms with Crippen molar-refractivity contribution in [1.29, 1.82) is 0 Å². The maximum atomic E-state index is 11.4. The van der Waals surface area contributed by atoms with E-state index in [1.165, 1.54) is 13.8 Å². The second-order valence-electron chi connectivity index (χ2n) is 4.73. The third-order valence-corrected chi connectivity index (χ3v) is 2.76. The van der Waals surface area contributed by atoms with E-state index in [1.807, 2.05) is 0 Å². The van der Waals surface area contributed by atoms with Crippen molar-refractivity contribution in [3.8, 4) is 0 Å². The zero-order chi connectivity index (χ0) is 13.8. The fraction of sp³-hybridized carbons (Fsp3) is 0.909. The highest BCUT2D eigenvalue weighted by Gasteiger charge is 2.43. The molecule has 0 fully saturated rings. The van der Waals surface area contributed by atoms with Gasteiger partial charge in [-0.25, -0.2) is 0 Å². The fourth-order valence-corrected chi connectivity index (χ4v) is 1.35. The molecule has 0 saturated heterocycles. The molecule has 0 aromatic rings. The SMILES string of the molecule is CC(C)C(=O)NC[C@@](O)([C@H](O)[C@H](C)O)[C@@H](C)O. The van der Waals surface area contributed by atoms with Crippen molar-refractivity contribution < 1.29 is 25.2 Å². The molecule has 0 aliphatic carbocycles. The van der Waals surface area contributed by atoms with Gasteiger partial charge in [0.1, 0.15) is 11.7 Å². The molecular formula is C11H23NO5. The summed E-state index contributed by atoms with van der Waals surface area (Å²) in [6, 6.07) is 0. The quantitative estimate of drug-likeness (QED) is 0.398. The molecule has 0 aliphatic rings. The van der Waals surface area contributed by atoms with Crippen molar-refractivity contribution >= 4 is 5.91 Å². The lowest BCUT2D eigenvalue weighted by molar-refractivity contribution is -0.168. The maximum absolute atomic E-state index is 11.4. The highest BCUT2D eigenvalue weighted by Crippen LogP contribution is 2.18. The van der Waals surface area contributed by atoms with Crippen molar-refractivity contribution in [2.45, 2.75) is 51.6 Å². The van der Waals surface area contributed by atoms with Crippen molar-refractivity contribution in [3.05, 3.63) is 0 Å². The van der Waals surface area contributed by atoms with Crippen LogP contribution >= 0.6 is 0 Å². The van der Waals surface area contributed by atoms with Crippen LogP contribution < -0.4 is 5.32 Å². The molecule has 0 aromatic heterocycles. The van der Waals surface area contributed by atoms with Crippen LogP contribution in [-0.2, 0) is 4.79 Å². The van der Waals surface area contributed by atoms with Crippen LogP contribution in [0.3, 0.4) is 0 Å². The Hall–Kier alpha value is -0.690. The van der Waals surface area contributed by atoms with Gasteiger partial charge >= 0.3 is 0 Å². The lowest BCUT2D eigenvalue weighted by Gasteiger charge is -2.37. The minimum atomic E-state index is -1.97. The summed E-state index contributed by atoms with van der Waals surface area (Å²) >= 11 is 0. The number of carbonyl (C=O) groups is 1. The number of amides is 1. The van der Waals surface area contributed by atoms with Crippen molar-refractivity contribution in [2.75, 3.05) is 6.54 Å². The highest BCUT2D eigenvalue weighted by atomic mass is 16.4. The summed E-state index contributed by atoms with van der Waals surface area (Å²) < 4.78 is 0. The summed E-state index contributed by atoms with van der Waals surface area (Å²) in [5.41, 5.74) is -1.97. The molecule has 0 aromatic carbocycles. The van der Waals surface area contributed by atoms with Crippen LogP contribution in [0.1, 0.15) is 27.7 Å². The topological polar surface area (TPSA) is 110 Å². The average Bonchev–Trinajstić information content (AvgIpc) is 2.23. The summed E-state index contributed by atoms with van der Waals surface area (Å²) in [6.07, 6.45) is -4.06. The number of hydrogen-bond acceptors (Lipinski definition) is 5. The van der Waals surface area contributed by atoms with Gasteiger partial charge in [0.05, 0.1) is 18.8 Å². The third-order valence-electron chi connectivity index (χ3n) is 2.76.